The van der Waals surface area contributed by atoms with E-state index in [1.807, 2.05) is 115 Å². The molecule has 7 heteroatoms. The number of para-hydroxylation sites is 3. The highest BCUT2D eigenvalue weighted by Gasteiger charge is 2.29. The van der Waals surface area contributed by atoms with Gasteiger partial charge in [-0.3, -0.25) is 0 Å². The Kier molecular flexibility index (Phi) is 8.27. The van der Waals surface area contributed by atoms with Crippen molar-refractivity contribution in [2.75, 3.05) is 0 Å². The summed E-state index contributed by atoms with van der Waals surface area (Å²) < 4.78 is 6.88. The molecule has 12 aromatic rings. The maximum atomic E-state index is 11.2. The van der Waals surface area contributed by atoms with E-state index in [0.717, 1.165) is 105 Å². The third kappa shape index (κ3) is 5.51. The van der Waals surface area contributed by atoms with Crippen molar-refractivity contribution in [3.63, 3.8) is 0 Å². The highest BCUT2D eigenvalue weighted by Crippen LogP contribution is 2.50. The maximum absolute atomic E-state index is 11.2. The van der Waals surface area contributed by atoms with Crippen LogP contribution in [0.5, 0.6) is 0 Å². The molecule has 0 N–H and O–H groups in total. The molecule has 0 saturated carbocycles. The number of nitriles is 4. The number of benzene rings is 9. The van der Waals surface area contributed by atoms with Crippen LogP contribution in [0.1, 0.15) is 22.3 Å². The number of fused-ring (bicyclic) bond motifs is 12. The third-order valence-corrected chi connectivity index (χ3v) is 12.7. The second-order valence-corrected chi connectivity index (χ2v) is 16.2. The quantitative estimate of drug-likeness (QED) is 0.172. The molecule has 65 heavy (non-hydrogen) atoms. The van der Waals surface area contributed by atoms with Crippen molar-refractivity contribution in [2.24, 2.45) is 0 Å². The number of hydrogen-bond acceptors (Lipinski definition) is 4. The van der Waals surface area contributed by atoms with Gasteiger partial charge in [-0.15, -0.1) is 0 Å². The van der Waals surface area contributed by atoms with Crippen LogP contribution in [0.3, 0.4) is 0 Å². The van der Waals surface area contributed by atoms with Crippen LogP contribution >= 0.6 is 0 Å². The number of aromatic nitrogens is 3. The van der Waals surface area contributed by atoms with E-state index < -0.39 is 0 Å². The SMILES string of the molecule is N#Cc1ccc(-n2c3ccccc3c3c2c2c4ccccc4n(-c4ccc(-c5cc(C#N)cc(-c6ccccc6)c5)cc4C#N)c2c2c4ccccc4n(-c4ccc(C#N)cc4)c32)cc1. The summed E-state index contributed by atoms with van der Waals surface area (Å²) in [5.74, 6) is 0. The molecule has 0 bridgehead atoms. The summed E-state index contributed by atoms with van der Waals surface area (Å²) >= 11 is 0. The predicted molar refractivity (Wildman–Crippen MR) is 259 cm³/mol. The highest BCUT2D eigenvalue weighted by atomic mass is 15.0. The first kappa shape index (κ1) is 37.1. The molecule has 0 aliphatic heterocycles. The molecule has 0 fully saturated rings. The molecule has 0 unspecified atom stereocenters. The van der Waals surface area contributed by atoms with Gasteiger partial charge in [-0.1, -0.05) is 91.0 Å². The Labute approximate surface area is 372 Å². The topological polar surface area (TPSA) is 110 Å². The predicted octanol–water partition coefficient (Wildman–Crippen LogP) is 13.8. The van der Waals surface area contributed by atoms with Gasteiger partial charge < -0.3 is 13.7 Å². The Balaban J connectivity index is 1.27. The largest absolute Gasteiger partial charge is 0.308 e. The zero-order chi connectivity index (χ0) is 43.8. The molecule has 0 aliphatic carbocycles. The standard InChI is InChI=1S/C58H31N7/c59-32-36-18-23-44(24-19-36)63-50-15-7-4-12-46(50)53-56-54(47-13-5-8-16-51(47)64(56)45-25-20-37(33-60)21-26-45)58-55(57(53)63)48-14-6-9-17-52(48)65(58)49-27-22-40(30-43(49)35-62)42-29-38(34-61)28-41(31-42)39-10-2-1-3-11-39/h1-31H. The average molecular weight is 826 g/mol. The van der Waals surface area contributed by atoms with E-state index in [-0.39, 0.29) is 0 Å². The van der Waals surface area contributed by atoms with Gasteiger partial charge in [0.15, 0.2) is 0 Å². The molecule has 3 aromatic heterocycles. The van der Waals surface area contributed by atoms with E-state index in [1.165, 1.54) is 0 Å². The summed E-state index contributed by atoms with van der Waals surface area (Å²) in [7, 11) is 0. The fraction of sp³-hybridized carbons (Fsp3) is 0. The maximum Gasteiger partial charge on any atom is 0.101 e. The van der Waals surface area contributed by atoms with Crippen molar-refractivity contribution >= 4 is 65.4 Å². The zero-order valence-electron chi connectivity index (χ0n) is 34.5. The lowest BCUT2D eigenvalue weighted by molar-refractivity contribution is 1.16. The molecule has 0 radical (unpaired) electrons. The Hall–Kier alpha value is -9.66. The first-order chi connectivity index (χ1) is 32.1. The van der Waals surface area contributed by atoms with Crippen molar-refractivity contribution in [1.29, 1.82) is 21.0 Å². The van der Waals surface area contributed by atoms with Crippen LogP contribution in [0.15, 0.2) is 188 Å². The molecule has 0 amide bonds. The summed E-state index contributed by atoms with van der Waals surface area (Å²) in [5.41, 5.74) is 14.1. The normalized spacial score (nSPS) is 11.3. The van der Waals surface area contributed by atoms with E-state index >= 15 is 0 Å². The van der Waals surface area contributed by atoms with Crippen molar-refractivity contribution in [3.8, 4) is 63.6 Å². The minimum absolute atomic E-state index is 0.477. The Morgan fingerprint density at radius 3 is 1.22 bits per heavy atom. The zero-order valence-corrected chi connectivity index (χ0v) is 34.5. The Morgan fingerprint density at radius 1 is 0.308 bits per heavy atom. The van der Waals surface area contributed by atoms with Crippen molar-refractivity contribution in [3.05, 3.63) is 210 Å². The number of nitrogens with zero attached hydrogens (tertiary/aromatic N) is 7. The third-order valence-electron chi connectivity index (χ3n) is 12.7. The van der Waals surface area contributed by atoms with Gasteiger partial charge in [0.05, 0.1) is 79.2 Å². The summed E-state index contributed by atoms with van der Waals surface area (Å²) in [6.07, 6.45) is 0. The van der Waals surface area contributed by atoms with Gasteiger partial charge in [0.25, 0.3) is 0 Å². The molecule has 12 rings (SSSR count). The second kappa shape index (κ2) is 14.5. The van der Waals surface area contributed by atoms with Crippen LogP contribution in [0.2, 0.25) is 0 Å². The van der Waals surface area contributed by atoms with Gasteiger partial charge >= 0.3 is 0 Å². The molecule has 0 spiro atoms. The van der Waals surface area contributed by atoms with Gasteiger partial charge in [0, 0.05) is 43.7 Å². The summed E-state index contributed by atoms with van der Waals surface area (Å²) in [5, 5.41) is 47.2. The highest BCUT2D eigenvalue weighted by molar-refractivity contribution is 6.40. The van der Waals surface area contributed by atoms with E-state index in [2.05, 4.69) is 111 Å². The Bertz CT molecular complexity index is 4050. The summed E-state index contributed by atoms with van der Waals surface area (Å²) in [6, 6.07) is 72.2. The Morgan fingerprint density at radius 2 is 0.738 bits per heavy atom. The van der Waals surface area contributed by atoms with Crippen LogP contribution in [0.25, 0.3) is 105 Å². The number of rotatable bonds is 5. The van der Waals surface area contributed by atoms with E-state index in [1.54, 1.807) is 0 Å². The monoisotopic (exact) mass is 825 g/mol. The molecule has 0 saturated heterocycles. The van der Waals surface area contributed by atoms with Gasteiger partial charge in [-0.2, -0.15) is 21.0 Å². The first-order valence-electron chi connectivity index (χ1n) is 21.2. The lowest BCUT2D eigenvalue weighted by Gasteiger charge is -2.15. The molecule has 298 valence electrons. The van der Waals surface area contributed by atoms with E-state index in [4.69, 9.17) is 0 Å². The fourth-order valence-electron chi connectivity index (χ4n) is 9.96. The second-order valence-electron chi connectivity index (χ2n) is 16.2. The fourth-order valence-corrected chi connectivity index (χ4v) is 9.96. The minimum Gasteiger partial charge on any atom is -0.308 e. The average Bonchev–Trinajstić information content (AvgIpc) is 4.02. The minimum atomic E-state index is 0.477. The lowest BCUT2D eigenvalue weighted by atomic mass is 9.95. The molecule has 9 aromatic carbocycles. The summed E-state index contributed by atoms with van der Waals surface area (Å²) in [6.45, 7) is 0. The van der Waals surface area contributed by atoms with Crippen LogP contribution in [-0.4, -0.2) is 13.7 Å². The summed E-state index contributed by atoms with van der Waals surface area (Å²) in [4.78, 5) is 0. The van der Waals surface area contributed by atoms with E-state index in [9.17, 15) is 21.0 Å². The van der Waals surface area contributed by atoms with Gasteiger partial charge in [0.1, 0.15) is 6.07 Å². The first-order valence-corrected chi connectivity index (χ1v) is 21.2. The van der Waals surface area contributed by atoms with Gasteiger partial charge in [0.2, 0.25) is 0 Å². The molecule has 0 aliphatic rings. The van der Waals surface area contributed by atoms with Gasteiger partial charge in [-0.05, 0) is 119 Å². The van der Waals surface area contributed by atoms with E-state index in [0.29, 0.717) is 22.3 Å². The molecular weight excluding hydrogens is 795 g/mol. The molecule has 7 nitrogen and oxygen atoms in total. The van der Waals surface area contributed by atoms with Crippen molar-refractivity contribution in [1.82, 2.24) is 13.7 Å². The smallest absolute Gasteiger partial charge is 0.101 e. The molecular formula is C58H31N7. The van der Waals surface area contributed by atoms with Crippen LogP contribution in [-0.2, 0) is 0 Å². The van der Waals surface area contributed by atoms with Crippen LogP contribution < -0.4 is 0 Å². The molecule has 3 heterocycles. The van der Waals surface area contributed by atoms with Crippen molar-refractivity contribution < 1.29 is 0 Å². The number of hydrogen-bond donors (Lipinski definition) is 0. The van der Waals surface area contributed by atoms with Gasteiger partial charge in [-0.25, -0.2) is 0 Å². The van der Waals surface area contributed by atoms with Crippen LogP contribution in [0, 0.1) is 45.3 Å². The van der Waals surface area contributed by atoms with Crippen LogP contribution in [0.4, 0.5) is 0 Å². The lowest BCUT2D eigenvalue weighted by Crippen LogP contribution is -2.00. The van der Waals surface area contributed by atoms with Crippen molar-refractivity contribution in [2.45, 2.75) is 0 Å². The molecule has 0 atom stereocenters.